The Hall–Kier alpha value is -2.90. The lowest BCUT2D eigenvalue weighted by molar-refractivity contribution is 0.0914. The van der Waals surface area contributed by atoms with Crippen molar-refractivity contribution in [3.8, 4) is 0 Å². The summed E-state index contributed by atoms with van der Waals surface area (Å²) >= 11 is 0. The van der Waals surface area contributed by atoms with Crippen LogP contribution in [0.3, 0.4) is 0 Å². The summed E-state index contributed by atoms with van der Waals surface area (Å²) in [6.07, 6.45) is 0. The summed E-state index contributed by atoms with van der Waals surface area (Å²) in [5, 5.41) is 3.76. The highest BCUT2D eigenvalue weighted by Crippen LogP contribution is 2.14. The standard InChI is InChI=1S/C15H13F2N3O3/c1-8(14(22)9-2-3-10(16)11(17)6-9)7-20-13(21)5-4-12(19-20)15(18)23/h2-6,8H,7H2,1H3,(H2,18,23). The van der Waals surface area contributed by atoms with Crippen LogP contribution in [0.2, 0.25) is 0 Å². The smallest absolute Gasteiger partial charge is 0.269 e. The van der Waals surface area contributed by atoms with E-state index in [1.54, 1.807) is 0 Å². The molecule has 0 saturated heterocycles. The van der Waals surface area contributed by atoms with Gasteiger partial charge in [-0.05, 0) is 24.3 Å². The Kier molecular flexibility index (Phi) is 4.63. The Morgan fingerprint density at radius 2 is 1.91 bits per heavy atom. The number of primary amides is 1. The molecule has 0 radical (unpaired) electrons. The highest BCUT2D eigenvalue weighted by atomic mass is 19.2. The summed E-state index contributed by atoms with van der Waals surface area (Å²) in [7, 11) is 0. The number of ketones is 1. The fraction of sp³-hybridized carbons (Fsp3) is 0.200. The maximum absolute atomic E-state index is 13.2. The second-order valence-corrected chi connectivity index (χ2v) is 5.00. The van der Waals surface area contributed by atoms with Gasteiger partial charge in [-0.1, -0.05) is 6.92 Å². The van der Waals surface area contributed by atoms with Gasteiger partial charge in [0.05, 0.1) is 6.54 Å². The lowest BCUT2D eigenvalue weighted by Crippen LogP contribution is -2.30. The largest absolute Gasteiger partial charge is 0.364 e. The molecule has 2 aromatic rings. The Bertz CT molecular complexity index is 833. The van der Waals surface area contributed by atoms with Crippen molar-refractivity contribution >= 4 is 11.7 Å². The topological polar surface area (TPSA) is 95.1 Å². The molecule has 6 nitrogen and oxygen atoms in total. The third kappa shape index (κ3) is 3.65. The molecule has 0 spiro atoms. The molecule has 0 bridgehead atoms. The highest BCUT2D eigenvalue weighted by Gasteiger charge is 2.19. The second kappa shape index (κ2) is 6.47. The number of nitrogens with zero attached hydrogens (tertiary/aromatic N) is 2. The summed E-state index contributed by atoms with van der Waals surface area (Å²) in [6, 6.07) is 5.11. The van der Waals surface area contributed by atoms with E-state index in [2.05, 4.69) is 5.10 Å². The molecule has 0 aliphatic carbocycles. The van der Waals surface area contributed by atoms with Crippen LogP contribution < -0.4 is 11.3 Å². The quantitative estimate of drug-likeness (QED) is 0.835. The van der Waals surface area contributed by atoms with Gasteiger partial charge in [0.25, 0.3) is 11.5 Å². The van der Waals surface area contributed by atoms with Crippen molar-refractivity contribution in [3.63, 3.8) is 0 Å². The minimum atomic E-state index is -1.13. The number of Topliss-reactive ketones (excluding diaryl/α,β-unsaturated/α-hetero) is 1. The Morgan fingerprint density at radius 3 is 2.52 bits per heavy atom. The van der Waals surface area contributed by atoms with E-state index in [-0.39, 0.29) is 17.8 Å². The van der Waals surface area contributed by atoms with Gasteiger partial charge in [0.1, 0.15) is 5.69 Å². The van der Waals surface area contributed by atoms with E-state index in [9.17, 15) is 23.2 Å². The Morgan fingerprint density at radius 1 is 1.22 bits per heavy atom. The van der Waals surface area contributed by atoms with Gasteiger partial charge in [-0.15, -0.1) is 0 Å². The molecule has 1 amide bonds. The van der Waals surface area contributed by atoms with Crippen molar-refractivity contribution in [2.24, 2.45) is 11.7 Å². The average Bonchev–Trinajstić information content (AvgIpc) is 2.51. The van der Waals surface area contributed by atoms with Crippen LogP contribution in [0.4, 0.5) is 8.78 Å². The van der Waals surface area contributed by atoms with Crippen molar-refractivity contribution in [2.75, 3.05) is 0 Å². The SMILES string of the molecule is CC(Cn1nc(C(N)=O)ccc1=O)C(=O)c1ccc(F)c(F)c1. The van der Waals surface area contributed by atoms with Crippen LogP contribution in [-0.2, 0) is 6.54 Å². The van der Waals surface area contributed by atoms with Gasteiger partial charge in [-0.3, -0.25) is 14.4 Å². The molecule has 1 heterocycles. The fourth-order valence-electron chi connectivity index (χ4n) is 1.99. The molecule has 1 aromatic carbocycles. The van der Waals surface area contributed by atoms with E-state index in [0.717, 1.165) is 28.9 Å². The molecule has 1 unspecified atom stereocenters. The van der Waals surface area contributed by atoms with Crippen LogP contribution in [0, 0.1) is 17.6 Å². The summed E-state index contributed by atoms with van der Waals surface area (Å²) in [4.78, 5) is 35.0. The molecule has 120 valence electrons. The Balaban J connectivity index is 2.24. The van der Waals surface area contributed by atoms with Crippen LogP contribution in [0.15, 0.2) is 35.1 Å². The monoisotopic (exact) mass is 321 g/mol. The number of aromatic nitrogens is 2. The summed E-state index contributed by atoms with van der Waals surface area (Å²) in [5.41, 5.74) is 4.44. The number of carbonyl (C=O) groups is 2. The summed E-state index contributed by atoms with van der Waals surface area (Å²) < 4.78 is 27.0. The lowest BCUT2D eigenvalue weighted by Gasteiger charge is -2.12. The zero-order chi connectivity index (χ0) is 17.1. The van der Waals surface area contributed by atoms with E-state index in [1.807, 2.05) is 0 Å². The first kappa shape index (κ1) is 16.5. The van der Waals surface area contributed by atoms with E-state index in [0.29, 0.717) is 0 Å². The van der Waals surface area contributed by atoms with Crippen molar-refractivity contribution in [3.05, 3.63) is 63.6 Å². The molecule has 1 aromatic heterocycles. The van der Waals surface area contributed by atoms with E-state index in [1.165, 1.54) is 13.0 Å². The van der Waals surface area contributed by atoms with Gasteiger partial charge >= 0.3 is 0 Å². The van der Waals surface area contributed by atoms with Gasteiger partial charge in [-0.25, -0.2) is 13.5 Å². The molecular formula is C15H13F2N3O3. The molecule has 0 aliphatic rings. The van der Waals surface area contributed by atoms with Crippen LogP contribution in [0.5, 0.6) is 0 Å². The van der Waals surface area contributed by atoms with E-state index < -0.39 is 34.8 Å². The highest BCUT2D eigenvalue weighted by molar-refractivity contribution is 5.97. The lowest BCUT2D eigenvalue weighted by atomic mass is 9.99. The summed E-state index contributed by atoms with van der Waals surface area (Å²) in [5.74, 6) is -4.22. The second-order valence-electron chi connectivity index (χ2n) is 5.00. The predicted molar refractivity (Wildman–Crippen MR) is 76.9 cm³/mol. The van der Waals surface area contributed by atoms with Gasteiger partial charge < -0.3 is 5.73 Å². The van der Waals surface area contributed by atoms with Crippen LogP contribution >= 0.6 is 0 Å². The molecule has 2 N–H and O–H groups in total. The van der Waals surface area contributed by atoms with Crippen molar-refractivity contribution < 1.29 is 18.4 Å². The van der Waals surface area contributed by atoms with Crippen molar-refractivity contribution in [2.45, 2.75) is 13.5 Å². The van der Waals surface area contributed by atoms with Crippen LogP contribution in [0.1, 0.15) is 27.8 Å². The van der Waals surface area contributed by atoms with Crippen molar-refractivity contribution in [1.29, 1.82) is 0 Å². The maximum Gasteiger partial charge on any atom is 0.269 e. The van der Waals surface area contributed by atoms with Gasteiger partial charge in [0.15, 0.2) is 17.4 Å². The Labute approximate surface area is 129 Å². The van der Waals surface area contributed by atoms with Gasteiger partial charge in [0, 0.05) is 17.5 Å². The number of benzene rings is 1. The molecule has 1 atom stereocenters. The predicted octanol–water partition coefficient (Wildman–Crippen LogP) is 1.14. The van der Waals surface area contributed by atoms with Crippen LogP contribution in [-0.4, -0.2) is 21.5 Å². The van der Waals surface area contributed by atoms with E-state index >= 15 is 0 Å². The zero-order valence-electron chi connectivity index (χ0n) is 12.1. The minimum absolute atomic E-state index is 0.0181. The average molecular weight is 321 g/mol. The number of amides is 1. The molecular weight excluding hydrogens is 308 g/mol. The normalized spacial score (nSPS) is 12.0. The maximum atomic E-state index is 13.2. The number of nitrogens with two attached hydrogens (primary N) is 1. The first-order valence-corrected chi connectivity index (χ1v) is 6.67. The minimum Gasteiger partial charge on any atom is -0.364 e. The number of hydrogen-bond donors (Lipinski definition) is 1. The third-order valence-corrected chi connectivity index (χ3v) is 3.22. The molecule has 0 aliphatic heterocycles. The fourth-order valence-corrected chi connectivity index (χ4v) is 1.99. The van der Waals surface area contributed by atoms with Gasteiger partial charge in [0.2, 0.25) is 0 Å². The van der Waals surface area contributed by atoms with Crippen molar-refractivity contribution in [1.82, 2.24) is 9.78 Å². The first-order valence-electron chi connectivity index (χ1n) is 6.67. The third-order valence-electron chi connectivity index (χ3n) is 3.22. The number of carbonyl (C=O) groups excluding carboxylic acids is 2. The number of hydrogen-bond acceptors (Lipinski definition) is 4. The van der Waals surface area contributed by atoms with E-state index in [4.69, 9.17) is 5.73 Å². The number of rotatable bonds is 5. The zero-order valence-corrected chi connectivity index (χ0v) is 12.1. The first-order chi connectivity index (χ1) is 10.8. The molecule has 23 heavy (non-hydrogen) atoms. The van der Waals surface area contributed by atoms with Gasteiger partial charge in [-0.2, -0.15) is 5.10 Å². The summed E-state index contributed by atoms with van der Waals surface area (Å²) in [6.45, 7) is 1.38. The molecule has 2 rings (SSSR count). The molecule has 0 saturated carbocycles. The van der Waals surface area contributed by atoms with Crippen LogP contribution in [0.25, 0.3) is 0 Å². The number of halogens is 2. The molecule has 8 heteroatoms. The molecule has 0 fully saturated rings.